The summed E-state index contributed by atoms with van der Waals surface area (Å²) in [4.78, 5) is 28.5. The van der Waals surface area contributed by atoms with Gasteiger partial charge < -0.3 is 15.1 Å². The van der Waals surface area contributed by atoms with Crippen LogP contribution in [-0.2, 0) is 0 Å². The zero-order valence-electron chi connectivity index (χ0n) is 32.6. The van der Waals surface area contributed by atoms with Gasteiger partial charge in [-0.15, -0.1) is 0 Å². The van der Waals surface area contributed by atoms with Crippen LogP contribution in [0.4, 0.5) is 5.69 Å². The summed E-state index contributed by atoms with van der Waals surface area (Å²) in [6.45, 7) is 9.57. The average molecular weight is 709 g/mol. The molecule has 0 saturated heterocycles. The Hall–Kier alpha value is -3.93. The first kappa shape index (κ1) is 40.8. The Kier molecular flexibility index (Phi) is 16.9. The summed E-state index contributed by atoms with van der Waals surface area (Å²) in [6.07, 6.45) is 32.1. The molecule has 6 heteroatoms. The number of anilines is 1. The molecular weight excluding hydrogens is 645 g/mol. The Morgan fingerprint density at radius 2 is 1.15 bits per heavy atom. The largest absolute Gasteiger partial charge is 0.871 e. The number of rotatable bonds is 24. The SMILES string of the molecule is CCCCCCCCCCCCCCCC[N+](C)=C1C=CC(=c2c(=O)c(=CC3=C(O)C(c4ccc(N(CCCC)CCCC)cc4)=C3[O-])c2=O)C=C1. The van der Waals surface area contributed by atoms with Crippen molar-refractivity contribution in [2.24, 2.45) is 0 Å². The van der Waals surface area contributed by atoms with Gasteiger partial charge in [-0.05, 0) is 60.8 Å². The molecule has 6 nitrogen and oxygen atoms in total. The lowest BCUT2D eigenvalue weighted by atomic mass is 9.87. The second kappa shape index (κ2) is 21.6. The molecule has 4 rings (SSSR count). The molecule has 0 heterocycles. The van der Waals surface area contributed by atoms with Crippen LogP contribution >= 0.6 is 0 Å². The van der Waals surface area contributed by atoms with Crippen LogP contribution in [0.1, 0.15) is 142 Å². The predicted octanol–water partition coefficient (Wildman–Crippen LogP) is 7.91. The van der Waals surface area contributed by atoms with Gasteiger partial charge in [0.05, 0.1) is 10.4 Å². The number of aliphatic hydroxyl groups excluding tert-OH is 1. The topological polar surface area (TPSA) is 83.7 Å². The van der Waals surface area contributed by atoms with Crippen LogP contribution in [0.2, 0.25) is 0 Å². The molecule has 52 heavy (non-hydrogen) atoms. The van der Waals surface area contributed by atoms with E-state index in [1.165, 1.54) is 89.5 Å². The van der Waals surface area contributed by atoms with Crippen LogP contribution in [0.5, 0.6) is 0 Å². The van der Waals surface area contributed by atoms with Gasteiger partial charge in [-0.2, -0.15) is 0 Å². The van der Waals surface area contributed by atoms with Gasteiger partial charge in [-0.1, -0.05) is 129 Å². The third kappa shape index (κ3) is 11.0. The monoisotopic (exact) mass is 708 g/mol. The fraction of sp³-hybridized carbons (Fsp3) is 0.543. The Labute approximate surface area is 312 Å². The van der Waals surface area contributed by atoms with Gasteiger partial charge in [0.15, 0.2) is 5.71 Å². The third-order valence-electron chi connectivity index (χ3n) is 10.7. The number of aliphatic hydroxyl groups is 1. The first-order chi connectivity index (χ1) is 25.3. The van der Waals surface area contributed by atoms with E-state index in [0.717, 1.165) is 63.1 Å². The fourth-order valence-electron chi connectivity index (χ4n) is 7.24. The number of allylic oxidation sites excluding steroid dienone is 6. The second-order valence-electron chi connectivity index (χ2n) is 14.9. The van der Waals surface area contributed by atoms with Gasteiger partial charge in [0, 0.05) is 48.5 Å². The van der Waals surface area contributed by atoms with E-state index in [4.69, 9.17) is 0 Å². The minimum absolute atomic E-state index is 0.0165. The zero-order chi connectivity index (χ0) is 37.3. The molecule has 1 N–H and O–H groups in total. The summed E-state index contributed by atoms with van der Waals surface area (Å²) in [5.74, 6) is -0.522. The van der Waals surface area contributed by atoms with E-state index in [9.17, 15) is 19.8 Å². The van der Waals surface area contributed by atoms with E-state index in [1.807, 2.05) is 48.6 Å². The molecule has 0 saturated carbocycles. The van der Waals surface area contributed by atoms with Crippen molar-refractivity contribution in [2.45, 2.75) is 136 Å². The lowest BCUT2D eigenvalue weighted by Gasteiger charge is -2.31. The van der Waals surface area contributed by atoms with Crippen molar-refractivity contribution in [3.05, 3.63) is 102 Å². The lowest BCUT2D eigenvalue weighted by molar-refractivity contribution is -0.496. The number of unbranched alkanes of at least 4 members (excludes halogenated alkanes) is 15. The quantitative estimate of drug-likeness (QED) is 0.0886. The van der Waals surface area contributed by atoms with Gasteiger partial charge in [0.25, 0.3) is 0 Å². The maximum Gasteiger partial charge on any atom is 0.201 e. The van der Waals surface area contributed by atoms with Gasteiger partial charge in [-0.3, -0.25) is 9.59 Å². The van der Waals surface area contributed by atoms with Crippen molar-refractivity contribution in [1.29, 1.82) is 0 Å². The summed E-state index contributed by atoms with van der Waals surface area (Å²) < 4.78 is 2.22. The highest BCUT2D eigenvalue weighted by atomic mass is 16.3. The molecule has 2 aromatic carbocycles. The predicted molar refractivity (Wildman–Crippen MR) is 218 cm³/mol. The Balaban J connectivity index is 1.27. The van der Waals surface area contributed by atoms with E-state index in [-0.39, 0.29) is 33.1 Å². The molecule has 0 radical (unpaired) electrons. The highest BCUT2D eigenvalue weighted by Gasteiger charge is 2.24. The van der Waals surface area contributed by atoms with E-state index in [2.05, 4.69) is 37.3 Å². The van der Waals surface area contributed by atoms with Crippen LogP contribution in [0.15, 0.2) is 75.3 Å². The van der Waals surface area contributed by atoms with Crippen molar-refractivity contribution in [2.75, 3.05) is 31.6 Å². The summed E-state index contributed by atoms with van der Waals surface area (Å²) in [5, 5.41) is 24.0. The normalized spacial score (nSPS) is 14.2. The molecule has 2 aromatic rings. The van der Waals surface area contributed by atoms with Crippen LogP contribution in [0.3, 0.4) is 0 Å². The van der Waals surface area contributed by atoms with E-state index in [0.29, 0.717) is 11.1 Å². The molecule has 0 atom stereocenters. The van der Waals surface area contributed by atoms with Crippen LogP contribution in [0.25, 0.3) is 17.2 Å². The third-order valence-corrected chi connectivity index (χ3v) is 10.7. The number of benzene rings is 1. The molecule has 0 amide bonds. The molecular formula is C46H64N2O4. The van der Waals surface area contributed by atoms with Gasteiger partial charge in [-0.25, -0.2) is 4.58 Å². The summed E-state index contributed by atoms with van der Waals surface area (Å²) >= 11 is 0. The second-order valence-corrected chi connectivity index (χ2v) is 14.9. The molecule has 282 valence electrons. The molecule has 2 aliphatic carbocycles. The first-order valence-electron chi connectivity index (χ1n) is 20.5. The Bertz CT molecular complexity index is 1750. The molecule has 0 aliphatic heterocycles. The average Bonchev–Trinajstić information content (AvgIpc) is 3.16. The van der Waals surface area contributed by atoms with E-state index in [1.54, 1.807) is 0 Å². The van der Waals surface area contributed by atoms with Crippen LogP contribution in [-0.4, -0.2) is 42.1 Å². The van der Waals surface area contributed by atoms with Crippen molar-refractivity contribution in [1.82, 2.24) is 0 Å². The highest BCUT2D eigenvalue weighted by Crippen LogP contribution is 2.38. The molecule has 0 unspecified atom stereocenters. The summed E-state index contributed by atoms with van der Waals surface area (Å²) in [6, 6.07) is 7.71. The molecule has 2 aliphatic rings. The Morgan fingerprint density at radius 3 is 1.63 bits per heavy atom. The van der Waals surface area contributed by atoms with E-state index < -0.39 is 10.9 Å². The van der Waals surface area contributed by atoms with Gasteiger partial charge in [0.1, 0.15) is 19.4 Å². The van der Waals surface area contributed by atoms with Crippen molar-refractivity contribution < 1.29 is 14.8 Å². The first-order valence-corrected chi connectivity index (χ1v) is 20.5. The molecule has 0 bridgehead atoms. The van der Waals surface area contributed by atoms with Crippen molar-refractivity contribution in [3.8, 4) is 0 Å². The molecule has 0 aromatic heterocycles. The maximum absolute atomic E-state index is 13.1. The summed E-state index contributed by atoms with van der Waals surface area (Å²) in [5.41, 5.74) is 2.83. The van der Waals surface area contributed by atoms with Gasteiger partial charge >= 0.3 is 0 Å². The minimum Gasteiger partial charge on any atom is -0.871 e. The number of nitrogens with zero attached hydrogens (tertiary/aromatic N) is 2. The number of hydrogen-bond donors (Lipinski definition) is 1. The lowest BCUT2D eigenvalue weighted by Crippen LogP contribution is -2.65. The van der Waals surface area contributed by atoms with Crippen molar-refractivity contribution >= 4 is 28.6 Å². The van der Waals surface area contributed by atoms with Crippen LogP contribution < -0.4 is 31.3 Å². The van der Waals surface area contributed by atoms with Crippen LogP contribution in [0, 0.1) is 0 Å². The zero-order valence-corrected chi connectivity index (χ0v) is 32.6. The maximum atomic E-state index is 13.1. The standard InChI is InChI=1S/C46H64N2O4/c1-5-8-11-12-13-14-15-16-17-18-19-20-21-22-31-47(4)37-27-23-35(24-28-37)41-43(49)39(44(41)50)34-40-45(51)42(46(40)52)36-25-29-38(30-26-36)48(32-9-6-2)33-10-7-3/h23-30,34H,5-22,31-33H2,1-4H3,(H-,49,50,51,52). The fourth-order valence-corrected chi connectivity index (χ4v) is 7.24. The van der Waals surface area contributed by atoms with E-state index >= 15 is 0 Å². The Morgan fingerprint density at radius 1 is 0.673 bits per heavy atom. The molecule has 0 spiro atoms. The van der Waals surface area contributed by atoms with Gasteiger partial charge in [0.2, 0.25) is 10.9 Å². The summed E-state index contributed by atoms with van der Waals surface area (Å²) in [7, 11) is 2.08. The highest BCUT2D eigenvalue weighted by molar-refractivity contribution is 6.05. The smallest absolute Gasteiger partial charge is 0.201 e. The van der Waals surface area contributed by atoms with Crippen molar-refractivity contribution in [3.63, 3.8) is 0 Å². The number of hydrogen-bond acceptors (Lipinski definition) is 5. The minimum atomic E-state index is -0.390. The molecule has 0 fully saturated rings.